The molecule has 0 radical (unpaired) electrons. The van der Waals surface area contributed by atoms with Crippen molar-refractivity contribution in [2.24, 2.45) is 0 Å². The molecule has 140 valence electrons. The minimum atomic E-state index is -3.90. The lowest BCUT2D eigenvalue weighted by Gasteiger charge is -2.29. The normalized spacial score (nSPS) is 19.2. The lowest BCUT2D eigenvalue weighted by Crippen LogP contribution is -2.41. The van der Waals surface area contributed by atoms with Crippen LogP contribution in [0.15, 0.2) is 53.4 Å². The Hall–Kier alpha value is -2.06. The standard InChI is InChI=1S/C18H21NO5S2/c1-14-3-9-18(10-4-14)26(22,23)19(16-11-12-25(20,21)13-16)15-5-7-17(24-2)8-6-15/h3-10,16H,11-13H2,1-2H3/t16-/m1/s1. The van der Waals surface area contributed by atoms with Gasteiger partial charge >= 0.3 is 0 Å². The van der Waals surface area contributed by atoms with Crippen molar-refractivity contribution in [3.8, 4) is 5.75 Å². The summed E-state index contributed by atoms with van der Waals surface area (Å²) >= 11 is 0. The summed E-state index contributed by atoms with van der Waals surface area (Å²) in [7, 11) is -5.61. The number of hydrogen-bond acceptors (Lipinski definition) is 5. The molecule has 8 heteroatoms. The van der Waals surface area contributed by atoms with E-state index in [1.807, 2.05) is 6.92 Å². The van der Waals surface area contributed by atoms with Gasteiger partial charge in [0.05, 0.1) is 35.2 Å². The average Bonchev–Trinajstić information content (AvgIpc) is 2.95. The first-order valence-electron chi connectivity index (χ1n) is 8.18. The number of anilines is 1. The van der Waals surface area contributed by atoms with Crippen molar-refractivity contribution in [3.63, 3.8) is 0 Å². The summed E-state index contributed by atoms with van der Waals surface area (Å²) in [6, 6.07) is 12.5. The summed E-state index contributed by atoms with van der Waals surface area (Å²) in [5.41, 5.74) is 1.37. The van der Waals surface area contributed by atoms with E-state index in [4.69, 9.17) is 4.74 Å². The largest absolute Gasteiger partial charge is 0.497 e. The molecule has 6 nitrogen and oxygen atoms in total. The Balaban J connectivity index is 2.08. The van der Waals surface area contributed by atoms with Crippen LogP contribution >= 0.6 is 0 Å². The molecule has 1 heterocycles. The predicted molar refractivity (Wildman–Crippen MR) is 101 cm³/mol. The second-order valence-corrected chi connectivity index (χ2v) is 10.4. The minimum Gasteiger partial charge on any atom is -0.497 e. The zero-order chi connectivity index (χ0) is 18.9. The minimum absolute atomic E-state index is 0.00621. The van der Waals surface area contributed by atoms with Crippen molar-refractivity contribution >= 4 is 25.5 Å². The molecule has 0 aliphatic carbocycles. The lowest BCUT2D eigenvalue weighted by atomic mass is 10.2. The summed E-state index contributed by atoms with van der Waals surface area (Å²) in [4.78, 5) is 0.142. The molecule has 2 aromatic carbocycles. The molecule has 1 aliphatic rings. The molecular formula is C18H21NO5S2. The van der Waals surface area contributed by atoms with E-state index < -0.39 is 25.9 Å². The number of sulfonamides is 1. The molecule has 0 spiro atoms. The first kappa shape index (κ1) is 18.7. The van der Waals surface area contributed by atoms with Crippen LogP contribution in [0.25, 0.3) is 0 Å². The van der Waals surface area contributed by atoms with Crippen LogP contribution in [0.5, 0.6) is 5.75 Å². The number of sulfone groups is 1. The molecule has 1 fully saturated rings. The third-order valence-electron chi connectivity index (χ3n) is 4.44. The number of hydrogen-bond donors (Lipinski definition) is 0. The Morgan fingerprint density at radius 3 is 2.15 bits per heavy atom. The SMILES string of the molecule is COc1ccc(N([C@@H]2CCS(=O)(=O)C2)S(=O)(=O)c2ccc(C)cc2)cc1. The number of benzene rings is 2. The van der Waals surface area contributed by atoms with E-state index in [1.165, 1.54) is 11.4 Å². The highest BCUT2D eigenvalue weighted by Gasteiger charge is 2.39. The number of methoxy groups -OCH3 is 1. The van der Waals surface area contributed by atoms with Gasteiger partial charge < -0.3 is 4.74 Å². The summed E-state index contributed by atoms with van der Waals surface area (Å²) < 4.78 is 56.8. The van der Waals surface area contributed by atoms with E-state index in [0.29, 0.717) is 11.4 Å². The fourth-order valence-electron chi connectivity index (χ4n) is 3.06. The first-order chi connectivity index (χ1) is 12.2. The van der Waals surface area contributed by atoms with Crippen LogP contribution in [-0.4, -0.2) is 41.5 Å². The third-order valence-corrected chi connectivity index (χ3v) is 8.09. The van der Waals surface area contributed by atoms with E-state index in [9.17, 15) is 16.8 Å². The van der Waals surface area contributed by atoms with Gasteiger partial charge in [0.2, 0.25) is 0 Å². The molecule has 0 aromatic heterocycles. The van der Waals surface area contributed by atoms with Gasteiger partial charge in [-0.2, -0.15) is 0 Å². The third kappa shape index (κ3) is 3.71. The van der Waals surface area contributed by atoms with Crippen LogP contribution < -0.4 is 9.04 Å². The maximum absolute atomic E-state index is 13.3. The van der Waals surface area contributed by atoms with E-state index in [-0.39, 0.29) is 22.8 Å². The van der Waals surface area contributed by atoms with Crippen LogP contribution in [-0.2, 0) is 19.9 Å². The van der Waals surface area contributed by atoms with Crippen molar-refractivity contribution in [2.45, 2.75) is 24.3 Å². The van der Waals surface area contributed by atoms with Crippen molar-refractivity contribution in [1.29, 1.82) is 0 Å². The quantitative estimate of drug-likeness (QED) is 0.776. The van der Waals surface area contributed by atoms with Crippen molar-refractivity contribution in [3.05, 3.63) is 54.1 Å². The van der Waals surface area contributed by atoms with Gasteiger partial charge in [0, 0.05) is 0 Å². The zero-order valence-electron chi connectivity index (χ0n) is 14.6. The monoisotopic (exact) mass is 395 g/mol. The molecule has 1 saturated heterocycles. The van der Waals surface area contributed by atoms with Crippen LogP contribution in [0, 0.1) is 6.92 Å². The number of aryl methyl sites for hydroxylation is 1. The maximum atomic E-state index is 13.3. The highest BCUT2D eigenvalue weighted by atomic mass is 32.2. The van der Waals surface area contributed by atoms with Crippen LogP contribution in [0.2, 0.25) is 0 Å². The Kier molecular flexibility index (Phi) is 4.98. The highest BCUT2D eigenvalue weighted by molar-refractivity contribution is 7.93. The first-order valence-corrected chi connectivity index (χ1v) is 11.4. The Morgan fingerprint density at radius 2 is 1.65 bits per heavy atom. The van der Waals surface area contributed by atoms with Gasteiger partial charge in [-0.3, -0.25) is 4.31 Å². The fraction of sp³-hybridized carbons (Fsp3) is 0.333. The topological polar surface area (TPSA) is 80.8 Å². The summed E-state index contributed by atoms with van der Waals surface area (Å²) in [5.74, 6) is 0.415. The molecule has 26 heavy (non-hydrogen) atoms. The number of rotatable bonds is 5. The lowest BCUT2D eigenvalue weighted by molar-refractivity contribution is 0.415. The summed E-state index contributed by atoms with van der Waals surface area (Å²) in [5, 5.41) is 0. The molecular weight excluding hydrogens is 374 g/mol. The Bertz CT molecular complexity index is 981. The van der Waals surface area contributed by atoms with Gasteiger partial charge in [0.15, 0.2) is 9.84 Å². The average molecular weight is 396 g/mol. The second kappa shape index (κ2) is 6.92. The highest BCUT2D eigenvalue weighted by Crippen LogP contribution is 2.32. The maximum Gasteiger partial charge on any atom is 0.264 e. The Labute approximate surface area is 154 Å². The van der Waals surface area contributed by atoms with Gasteiger partial charge in [-0.15, -0.1) is 0 Å². The van der Waals surface area contributed by atoms with Crippen molar-refractivity contribution in [1.82, 2.24) is 0 Å². The van der Waals surface area contributed by atoms with Gasteiger partial charge in [-0.25, -0.2) is 16.8 Å². The Morgan fingerprint density at radius 1 is 1.04 bits per heavy atom. The summed E-state index contributed by atoms with van der Waals surface area (Å²) in [6.45, 7) is 1.88. The van der Waals surface area contributed by atoms with E-state index in [0.717, 1.165) is 5.56 Å². The molecule has 1 aliphatic heterocycles. The van der Waals surface area contributed by atoms with Gasteiger partial charge in [-0.05, 0) is 49.7 Å². The molecule has 0 saturated carbocycles. The molecule has 0 amide bonds. The van der Waals surface area contributed by atoms with Crippen molar-refractivity contribution in [2.75, 3.05) is 22.9 Å². The van der Waals surface area contributed by atoms with Crippen LogP contribution in [0.4, 0.5) is 5.69 Å². The summed E-state index contributed by atoms with van der Waals surface area (Å²) in [6.07, 6.45) is 0.277. The van der Waals surface area contributed by atoms with E-state index in [1.54, 1.807) is 48.5 Å². The van der Waals surface area contributed by atoms with E-state index >= 15 is 0 Å². The van der Waals surface area contributed by atoms with Gasteiger partial charge in [0.1, 0.15) is 5.75 Å². The molecule has 0 unspecified atom stereocenters. The van der Waals surface area contributed by atoms with E-state index in [2.05, 4.69) is 0 Å². The number of nitrogens with zero attached hydrogens (tertiary/aromatic N) is 1. The van der Waals surface area contributed by atoms with Crippen molar-refractivity contribution < 1.29 is 21.6 Å². The van der Waals surface area contributed by atoms with Crippen LogP contribution in [0.1, 0.15) is 12.0 Å². The zero-order valence-corrected chi connectivity index (χ0v) is 16.3. The smallest absolute Gasteiger partial charge is 0.264 e. The molecule has 1 atom stereocenters. The fourth-order valence-corrected chi connectivity index (χ4v) is 6.53. The second-order valence-electron chi connectivity index (χ2n) is 6.37. The molecule has 0 bridgehead atoms. The van der Waals surface area contributed by atoms with Crippen LogP contribution in [0.3, 0.4) is 0 Å². The molecule has 0 N–H and O–H groups in total. The molecule has 3 rings (SSSR count). The van der Waals surface area contributed by atoms with Gasteiger partial charge in [-0.1, -0.05) is 17.7 Å². The number of ether oxygens (including phenoxy) is 1. The van der Waals surface area contributed by atoms with Gasteiger partial charge in [0.25, 0.3) is 10.0 Å². The predicted octanol–water partition coefficient (Wildman–Crippen LogP) is 2.39. The molecule has 2 aromatic rings.